The minimum atomic E-state index is -0.867. The van der Waals surface area contributed by atoms with E-state index in [2.05, 4.69) is 10.6 Å². The van der Waals surface area contributed by atoms with E-state index in [0.717, 1.165) is 17.7 Å². The molecule has 2 fully saturated rings. The number of para-hydroxylation sites is 2. The maximum atomic E-state index is 13.0. The molecule has 1 aromatic rings. The summed E-state index contributed by atoms with van der Waals surface area (Å²) in [5.74, 6) is -0.733. The van der Waals surface area contributed by atoms with Crippen LogP contribution in [0.1, 0.15) is 25.7 Å². The van der Waals surface area contributed by atoms with Gasteiger partial charge in [-0.05, 0) is 25.0 Å². The molecule has 2 aliphatic heterocycles. The number of amides is 5. The van der Waals surface area contributed by atoms with Crippen molar-refractivity contribution >= 4 is 29.4 Å². The van der Waals surface area contributed by atoms with Crippen molar-refractivity contribution in [2.24, 2.45) is 0 Å². The lowest BCUT2D eigenvalue weighted by Gasteiger charge is -2.34. The number of urea groups is 1. The number of nitrogens with one attached hydrogen (secondary N) is 2. The Morgan fingerprint density at radius 2 is 1.96 bits per heavy atom. The van der Waals surface area contributed by atoms with Crippen LogP contribution in [0.5, 0.6) is 5.75 Å². The number of hydrogen-bond donors (Lipinski definition) is 2. The van der Waals surface area contributed by atoms with E-state index in [0.29, 0.717) is 24.3 Å². The third-order valence-corrected chi connectivity index (χ3v) is 5.61. The van der Waals surface area contributed by atoms with Gasteiger partial charge in [0.05, 0.1) is 12.2 Å². The number of likely N-dealkylation sites (N-methyl/N-ethyl adjacent to an activating group) is 1. The molecule has 5 amide bonds. The summed E-state index contributed by atoms with van der Waals surface area (Å²) < 4.78 is 5.69. The van der Waals surface area contributed by atoms with E-state index < -0.39 is 23.6 Å². The predicted octanol–water partition coefficient (Wildman–Crippen LogP) is 0.391. The number of rotatable bonds is 3. The molecule has 28 heavy (non-hydrogen) atoms. The van der Waals surface area contributed by atoms with Crippen molar-refractivity contribution in [3.8, 4) is 5.75 Å². The van der Waals surface area contributed by atoms with E-state index in [-0.39, 0.29) is 24.9 Å². The fourth-order valence-electron chi connectivity index (χ4n) is 4.13. The van der Waals surface area contributed by atoms with Crippen LogP contribution >= 0.6 is 0 Å². The Morgan fingerprint density at radius 3 is 2.68 bits per heavy atom. The van der Waals surface area contributed by atoms with Crippen LogP contribution in [0.25, 0.3) is 0 Å². The number of nitrogens with zero attached hydrogens (tertiary/aromatic N) is 2. The monoisotopic (exact) mass is 386 g/mol. The number of hydrogen-bond acceptors (Lipinski definition) is 5. The lowest BCUT2D eigenvalue weighted by Crippen LogP contribution is -2.53. The predicted molar refractivity (Wildman–Crippen MR) is 98.7 cm³/mol. The standard InChI is InChI=1S/C19H22N4O5/c1-20-16(25)14-10-22(12-6-2-3-7-13(12)28-14)15(24)11-23-17(26)19(21-18(23)27)8-4-5-9-19/h2-3,6-7,14H,4-5,8-11H2,1H3,(H,20,25)(H,21,27)/t14-/m1/s1. The van der Waals surface area contributed by atoms with Gasteiger partial charge in [-0.25, -0.2) is 4.79 Å². The molecule has 9 nitrogen and oxygen atoms in total. The van der Waals surface area contributed by atoms with Crippen molar-refractivity contribution in [3.63, 3.8) is 0 Å². The number of ether oxygens (including phenoxy) is 1. The highest BCUT2D eigenvalue weighted by Gasteiger charge is 2.53. The van der Waals surface area contributed by atoms with Crippen LogP contribution in [0.3, 0.4) is 0 Å². The molecule has 9 heteroatoms. The second-order valence-electron chi connectivity index (χ2n) is 7.30. The Hall–Kier alpha value is -3.10. The summed E-state index contributed by atoms with van der Waals surface area (Å²) in [6.07, 6.45) is 2.08. The number of imide groups is 1. The molecule has 0 unspecified atom stereocenters. The van der Waals surface area contributed by atoms with E-state index in [1.807, 2.05) is 0 Å². The summed E-state index contributed by atoms with van der Waals surface area (Å²) in [5.41, 5.74) is -0.347. The van der Waals surface area contributed by atoms with E-state index in [4.69, 9.17) is 4.74 Å². The topological polar surface area (TPSA) is 108 Å². The summed E-state index contributed by atoms with van der Waals surface area (Å²) in [6.45, 7) is -0.370. The van der Waals surface area contributed by atoms with Crippen molar-refractivity contribution in [2.45, 2.75) is 37.3 Å². The average molecular weight is 386 g/mol. The molecular weight excluding hydrogens is 364 g/mol. The average Bonchev–Trinajstić information content (AvgIpc) is 3.27. The zero-order chi connectivity index (χ0) is 19.9. The summed E-state index contributed by atoms with van der Waals surface area (Å²) in [5, 5.41) is 5.29. The van der Waals surface area contributed by atoms with Crippen molar-refractivity contribution in [1.29, 1.82) is 0 Å². The van der Waals surface area contributed by atoms with Crippen LogP contribution in [-0.4, -0.2) is 60.4 Å². The van der Waals surface area contributed by atoms with Crippen LogP contribution in [0.2, 0.25) is 0 Å². The molecule has 1 aliphatic carbocycles. The van der Waals surface area contributed by atoms with Crippen molar-refractivity contribution in [2.75, 3.05) is 25.0 Å². The lowest BCUT2D eigenvalue weighted by atomic mass is 9.98. The van der Waals surface area contributed by atoms with Crippen LogP contribution < -0.4 is 20.3 Å². The molecule has 0 bridgehead atoms. The molecule has 1 aromatic carbocycles. The molecule has 2 heterocycles. The Kier molecular flexibility index (Phi) is 4.44. The number of anilines is 1. The molecule has 148 valence electrons. The van der Waals surface area contributed by atoms with Crippen molar-refractivity contribution in [1.82, 2.24) is 15.5 Å². The highest BCUT2D eigenvalue weighted by molar-refractivity contribution is 6.11. The molecular formula is C19H22N4O5. The molecule has 1 saturated heterocycles. The van der Waals surface area contributed by atoms with E-state index in [1.54, 1.807) is 24.3 Å². The molecule has 2 N–H and O–H groups in total. The van der Waals surface area contributed by atoms with Crippen molar-refractivity contribution in [3.05, 3.63) is 24.3 Å². The van der Waals surface area contributed by atoms with Gasteiger partial charge in [-0.3, -0.25) is 19.3 Å². The highest BCUT2D eigenvalue weighted by atomic mass is 16.5. The zero-order valence-electron chi connectivity index (χ0n) is 15.6. The number of fused-ring (bicyclic) bond motifs is 1. The molecule has 4 rings (SSSR count). The Bertz CT molecular complexity index is 848. The molecule has 3 aliphatic rings. The Labute approximate surface area is 162 Å². The van der Waals surface area contributed by atoms with Gasteiger partial charge in [-0.15, -0.1) is 0 Å². The smallest absolute Gasteiger partial charge is 0.325 e. The summed E-state index contributed by atoms with van der Waals surface area (Å²) >= 11 is 0. The van der Waals surface area contributed by atoms with Gasteiger partial charge in [0.2, 0.25) is 5.91 Å². The van der Waals surface area contributed by atoms with E-state index in [9.17, 15) is 19.2 Å². The normalized spacial score (nSPS) is 22.7. The Morgan fingerprint density at radius 1 is 1.25 bits per heavy atom. The summed E-state index contributed by atoms with van der Waals surface area (Å²) in [4.78, 5) is 52.7. The molecule has 1 spiro atoms. The van der Waals surface area contributed by atoms with Crippen LogP contribution in [0.15, 0.2) is 24.3 Å². The second kappa shape index (κ2) is 6.81. The summed E-state index contributed by atoms with van der Waals surface area (Å²) in [7, 11) is 1.49. The first-order chi connectivity index (χ1) is 13.4. The van der Waals surface area contributed by atoms with E-state index >= 15 is 0 Å². The first-order valence-electron chi connectivity index (χ1n) is 9.37. The largest absolute Gasteiger partial charge is 0.477 e. The van der Waals surface area contributed by atoms with Gasteiger partial charge >= 0.3 is 6.03 Å². The van der Waals surface area contributed by atoms with Gasteiger partial charge in [-0.1, -0.05) is 25.0 Å². The molecule has 0 aromatic heterocycles. The number of carbonyl (C=O) groups excluding carboxylic acids is 4. The maximum absolute atomic E-state index is 13.0. The van der Waals surface area contributed by atoms with E-state index in [1.165, 1.54) is 11.9 Å². The van der Waals surface area contributed by atoms with Crippen LogP contribution in [0, 0.1) is 0 Å². The minimum Gasteiger partial charge on any atom is -0.477 e. The molecule has 0 radical (unpaired) electrons. The first-order valence-corrected chi connectivity index (χ1v) is 9.37. The third-order valence-electron chi connectivity index (χ3n) is 5.61. The van der Waals surface area contributed by atoms with Gasteiger partial charge in [0, 0.05) is 7.05 Å². The van der Waals surface area contributed by atoms with Crippen LogP contribution in [-0.2, 0) is 14.4 Å². The fourth-order valence-corrected chi connectivity index (χ4v) is 4.13. The zero-order valence-corrected chi connectivity index (χ0v) is 15.6. The second-order valence-corrected chi connectivity index (χ2v) is 7.30. The molecule has 1 atom stereocenters. The highest BCUT2D eigenvalue weighted by Crippen LogP contribution is 2.36. The minimum absolute atomic E-state index is 0.00428. The lowest BCUT2D eigenvalue weighted by molar-refractivity contribution is -0.134. The maximum Gasteiger partial charge on any atom is 0.325 e. The first kappa shape index (κ1) is 18.3. The van der Waals surface area contributed by atoms with Gasteiger partial charge in [-0.2, -0.15) is 0 Å². The van der Waals surface area contributed by atoms with Crippen molar-refractivity contribution < 1.29 is 23.9 Å². The molecule has 1 saturated carbocycles. The van der Waals surface area contributed by atoms with Crippen LogP contribution in [0.4, 0.5) is 10.5 Å². The summed E-state index contributed by atoms with van der Waals surface area (Å²) in [6, 6.07) is 6.34. The fraction of sp³-hybridized carbons (Fsp3) is 0.474. The third kappa shape index (κ3) is 2.87. The SMILES string of the molecule is CNC(=O)[C@H]1CN(C(=O)CN2C(=O)NC3(CCCC3)C2=O)c2ccccc2O1. The van der Waals surface area contributed by atoms with Gasteiger partial charge in [0.1, 0.15) is 17.8 Å². The number of benzene rings is 1. The number of carbonyl (C=O) groups is 4. The quantitative estimate of drug-likeness (QED) is 0.731. The van der Waals surface area contributed by atoms with Gasteiger partial charge in [0.15, 0.2) is 6.10 Å². The van der Waals surface area contributed by atoms with Gasteiger partial charge < -0.3 is 20.3 Å². The Balaban J connectivity index is 1.56. The van der Waals surface area contributed by atoms with Gasteiger partial charge in [0.25, 0.3) is 11.8 Å².